The van der Waals surface area contributed by atoms with Gasteiger partial charge in [-0.1, -0.05) is 25.1 Å². The van der Waals surface area contributed by atoms with Crippen molar-refractivity contribution in [3.63, 3.8) is 0 Å². The number of hydrogen-bond acceptors (Lipinski definition) is 4. The van der Waals surface area contributed by atoms with Crippen LogP contribution in [0.3, 0.4) is 0 Å². The quantitative estimate of drug-likeness (QED) is 0.750. The highest BCUT2D eigenvalue weighted by molar-refractivity contribution is 6.04. The van der Waals surface area contributed by atoms with Crippen molar-refractivity contribution in [1.82, 2.24) is 4.98 Å². The number of carbonyl (C=O) groups excluding carboxylic acids is 1. The minimum Gasteiger partial charge on any atom is -0.352 e. The molecule has 0 unspecified atom stereocenters. The van der Waals surface area contributed by atoms with Crippen LogP contribution in [0.2, 0.25) is 0 Å². The lowest BCUT2D eigenvalue weighted by Gasteiger charge is -2.32. The second-order valence-corrected chi connectivity index (χ2v) is 8.11. The van der Waals surface area contributed by atoms with Crippen molar-refractivity contribution in [3.8, 4) is 6.07 Å². The van der Waals surface area contributed by atoms with Crippen molar-refractivity contribution in [2.75, 3.05) is 23.3 Å². The number of aromatic nitrogens is 1. The van der Waals surface area contributed by atoms with E-state index in [9.17, 15) is 23.2 Å². The van der Waals surface area contributed by atoms with Crippen molar-refractivity contribution in [3.05, 3.63) is 65.4 Å². The lowest BCUT2D eigenvalue weighted by Crippen LogP contribution is -2.38. The molecule has 0 bridgehead atoms. The zero-order valence-corrected chi connectivity index (χ0v) is 17.5. The normalized spacial score (nSPS) is 17.0. The van der Waals surface area contributed by atoms with Crippen LogP contribution >= 0.6 is 0 Å². The monoisotopic (exact) mass is 428 g/mol. The van der Waals surface area contributed by atoms with E-state index < -0.39 is 17.2 Å². The molecule has 1 aliphatic heterocycles. The van der Waals surface area contributed by atoms with Gasteiger partial charge < -0.3 is 10.2 Å². The molecule has 31 heavy (non-hydrogen) atoms. The van der Waals surface area contributed by atoms with Crippen molar-refractivity contribution >= 4 is 17.4 Å². The lowest BCUT2D eigenvalue weighted by molar-refractivity contribution is -0.137. The third-order valence-corrected chi connectivity index (χ3v) is 5.35. The molecule has 0 radical (unpaired) electrons. The first-order chi connectivity index (χ1) is 14.5. The third-order valence-electron chi connectivity index (χ3n) is 5.35. The first kappa shape index (κ1) is 22.3. The molecule has 8 heteroatoms. The molecule has 2 aromatic rings. The van der Waals surface area contributed by atoms with Crippen LogP contribution in [-0.4, -0.2) is 24.0 Å². The van der Waals surface area contributed by atoms with Gasteiger partial charge in [0.05, 0.1) is 17.0 Å². The minimum absolute atomic E-state index is 0.131. The van der Waals surface area contributed by atoms with Gasteiger partial charge in [0.25, 0.3) is 5.91 Å². The molecule has 1 aromatic carbocycles. The molecule has 5 nitrogen and oxygen atoms in total. The van der Waals surface area contributed by atoms with E-state index in [2.05, 4.69) is 16.4 Å². The summed E-state index contributed by atoms with van der Waals surface area (Å²) in [5.74, 6) is -0.710. The SMILES string of the molecule is C[C@H]1CN(c2ncccc2C(F)(F)F)CC=C1C(=O)Nc1ccc(C(C)(C)C#N)cc1. The van der Waals surface area contributed by atoms with Crippen LogP contribution in [0.15, 0.2) is 54.2 Å². The molecule has 1 N–H and O–H groups in total. The van der Waals surface area contributed by atoms with Crippen LogP contribution in [0, 0.1) is 17.2 Å². The van der Waals surface area contributed by atoms with E-state index in [4.69, 9.17) is 0 Å². The lowest BCUT2D eigenvalue weighted by atomic mass is 9.86. The van der Waals surface area contributed by atoms with Crippen LogP contribution in [0.4, 0.5) is 24.7 Å². The largest absolute Gasteiger partial charge is 0.419 e. The smallest absolute Gasteiger partial charge is 0.352 e. The van der Waals surface area contributed by atoms with E-state index >= 15 is 0 Å². The average Bonchev–Trinajstić information content (AvgIpc) is 2.73. The number of benzene rings is 1. The average molecular weight is 428 g/mol. The minimum atomic E-state index is -4.50. The van der Waals surface area contributed by atoms with Gasteiger partial charge in [-0.05, 0) is 43.7 Å². The van der Waals surface area contributed by atoms with Crippen LogP contribution < -0.4 is 10.2 Å². The maximum absolute atomic E-state index is 13.3. The molecule has 0 saturated heterocycles. The molecule has 0 saturated carbocycles. The Kier molecular flexibility index (Phi) is 6.07. The van der Waals surface area contributed by atoms with Crippen LogP contribution in [0.25, 0.3) is 0 Å². The van der Waals surface area contributed by atoms with Crippen molar-refractivity contribution in [1.29, 1.82) is 5.26 Å². The van der Waals surface area contributed by atoms with E-state index in [0.717, 1.165) is 11.6 Å². The van der Waals surface area contributed by atoms with Gasteiger partial charge in [0, 0.05) is 36.5 Å². The predicted octanol–water partition coefficient (Wildman–Crippen LogP) is 4.92. The van der Waals surface area contributed by atoms with Gasteiger partial charge in [-0.25, -0.2) is 4.98 Å². The van der Waals surface area contributed by atoms with Gasteiger partial charge in [0.1, 0.15) is 5.82 Å². The third kappa shape index (κ3) is 4.88. The summed E-state index contributed by atoms with van der Waals surface area (Å²) in [6.07, 6.45) is -1.52. The fourth-order valence-corrected chi connectivity index (χ4v) is 3.51. The molecule has 2 heterocycles. The second kappa shape index (κ2) is 8.42. The van der Waals surface area contributed by atoms with Crippen molar-refractivity contribution in [2.24, 2.45) is 5.92 Å². The van der Waals surface area contributed by atoms with Gasteiger partial charge in [0.15, 0.2) is 0 Å². The Balaban J connectivity index is 1.74. The van der Waals surface area contributed by atoms with Gasteiger partial charge in [-0.3, -0.25) is 4.79 Å². The number of amides is 1. The first-order valence-corrected chi connectivity index (χ1v) is 9.83. The Bertz CT molecular complexity index is 1040. The number of nitrogens with zero attached hydrogens (tertiary/aromatic N) is 3. The standard InChI is InChI=1S/C23H23F3N4O/c1-15-13-30(20-19(23(24,25)26)5-4-11-28-20)12-10-18(15)21(31)29-17-8-6-16(7-9-17)22(2,3)14-27/h4-11,15H,12-13H2,1-3H3,(H,29,31)/t15-/m0/s1. The summed E-state index contributed by atoms with van der Waals surface area (Å²) < 4.78 is 39.9. The summed E-state index contributed by atoms with van der Waals surface area (Å²) in [7, 11) is 0. The number of hydrogen-bond donors (Lipinski definition) is 1. The van der Waals surface area contributed by atoms with E-state index in [1.807, 2.05) is 13.8 Å². The Morgan fingerprint density at radius 2 is 1.90 bits per heavy atom. The van der Waals surface area contributed by atoms with E-state index in [-0.39, 0.29) is 30.7 Å². The number of halogens is 3. The summed E-state index contributed by atoms with van der Waals surface area (Å²) in [6.45, 7) is 5.82. The topological polar surface area (TPSA) is 69.0 Å². The van der Waals surface area contributed by atoms with Crippen LogP contribution in [0.1, 0.15) is 31.9 Å². The van der Waals surface area contributed by atoms with Gasteiger partial charge in [-0.2, -0.15) is 18.4 Å². The molecular weight excluding hydrogens is 405 g/mol. The number of alkyl halides is 3. The Morgan fingerprint density at radius 1 is 1.23 bits per heavy atom. The highest BCUT2D eigenvalue weighted by Crippen LogP contribution is 2.36. The van der Waals surface area contributed by atoms with Crippen molar-refractivity contribution in [2.45, 2.75) is 32.4 Å². The Labute approximate surface area is 179 Å². The highest BCUT2D eigenvalue weighted by Gasteiger charge is 2.36. The molecular formula is C23H23F3N4O. The zero-order valence-electron chi connectivity index (χ0n) is 17.5. The van der Waals surface area contributed by atoms with E-state index in [1.165, 1.54) is 17.2 Å². The predicted molar refractivity (Wildman–Crippen MR) is 112 cm³/mol. The number of pyridine rings is 1. The van der Waals surface area contributed by atoms with E-state index in [0.29, 0.717) is 11.3 Å². The molecule has 1 aliphatic rings. The Morgan fingerprint density at radius 3 is 2.48 bits per heavy atom. The molecule has 1 atom stereocenters. The highest BCUT2D eigenvalue weighted by atomic mass is 19.4. The maximum atomic E-state index is 13.3. The van der Waals surface area contributed by atoms with E-state index in [1.54, 1.807) is 37.3 Å². The van der Waals surface area contributed by atoms with Gasteiger partial charge in [0.2, 0.25) is 0 Å². The van der Waals surface area contributed by atoms with Crippen LogP contribution in [0.5, 0.6) is 0 Å². The summed E-state index contributed by atoms with van der Waals surface area (Å²) in [6, 6.07) is 11.5. The second-order valence-electron chi connectivity index (χ2n) is 8.11. The maximum Gasteiger partial charge on any atom is 0.419 e. The summed E-state index contributed by atoms with van der Waals surface area (Å²) in [5, 5.41) is 12.1. The van der Waals surface area contributed by atoms with Crippen LogP contribution in [-0.2, 0) is 16.4 Å². The number of anilines is 2. The first-order valence-electron chi connectivity index (χ1n) is 9.83. The van der Waals surface area contributed by atoms with Crippen molar-refractivity contribution < 1.29 is 18.0 Å². The molecule has 0 spiro atoms. The summed E-state index contributed by atoms with van der Waals surface area (Å²) in [5.41, 5.74) is 0.519. The number of rotatable bonds is 4. The number of nitriles is 1. The Hall–Kier alpha value is -3.34. The summed E-state index contributed by atoms with van der Waals surface area (Å²) in [4.78, 5) is 18.2. The molecule has 3 rings (SSSR count). The van der Waals surface area contributed by atoms with Gasteiger partial charge in [-0.15, -0.1) is 0 Å². The fourth-order valence-electron chi connectivity index (χ4n) is 3.51. The van der Waals surface area contributed by atoms with Gasteiger partial charge >= 0.3 is 6.18 Å². The zero-order chi connectivity index (χ0) is 22.8. The molecule has 0 aliphatic carbocycles. The fraction of sp³-hybridized carbons (Fsp3) is 0.348. The number of carbonyl (C=O) groups is 1. The molecule has 1 amide bonds. The molecule has 162 valence electrons. The summed E-state index contributed by atoms with van der Waals surface area (Å²) >= 11 is 0. The molecule has 0 fully saturated rings. The molecule has 1 aromatic heterocycles. The number of nitrogens with one attached hydrogen (secondary N) is 1.